The fraction of sp³-hybridized carbons (Fsp3) is 0.320. The van der Waals surface area contributed by atoms with Crippen LogP contribution in [0.5, 0.6) is 0 Å². The van der Waals surface area contributed by atoms with Crippen molar-refractivity contribution in [1.82, 2.24) is 14.9 Å². The predicted octanol–water partition coefficient (Wildman–Crippen LogP) is 4.27. The van der Waals surface area contributed by atoms with Crippen LogP contribution >= 0.6 is 11.8 Å². The number of morpholine rings is 1. The molecule has 2 aliphatic rings. The van der Waals surface area contributed by atoms with E-state index in [0.29, 0.717) is 36.1 Å². The number of nitrogens with zero attached hydrogens (tertiary/aromatic N) is 4. The second-order valence-corrected chi connectivity index (χ2v) is 12.0. The van der Waals surface area contributed by atoms with Crippen LogP contribution in [0.25, 0.3) is 0 Å². The molecule has 14 heteroatoms. The molecule has 2 aromatic carbocycles. The minimum atomic E-state index is -4.65. The molecule has 39 heavy (non-hydrogen) atoms. The van der Waals surface area contributed by atoms with Gasteiger partial charge in [-0.05, 0) is 44.2 Å². The average molecular weight is 579 g/mol. The number of sulfonamides is 1. The maximum atomic E-state index is 15.9. The maximum absolute atomic E-state index is 15.9. The van der Waals surface area contributed by atoms with Gasteiger partial charge in [-0.2, -0.15) is 0 Å². The smallest absolute Gasteiger partial charge is 0.265 e. The van der Waals surface area contributed by atoms with Gasteiger partial charge in [-0.25, -0.2) is 31.6 Å². The number of nitrogens with two attached hydrogens (primary N) is 1. The SMILES string of the molecule is C[C@@H]1CN(C2=NC(c3cccc(NS(=O)(=O)c4cc(F)ccc4F)c3F)C(c3ccnc(N)n3)S2)C[C@H](C)O1. The second-order valence-electron chi connectivity index (χ2n) is 9.29. The van der Waals surface area contributed by atoms with E-state index in [9.17, 15) is 17.2 Å². The van der Waals surface area contributed by atoms with Gasteiger partial charge in [-0.1, -0.05) is 23.9 Å². The molecule has 2 aliphatic heterocycles. The van der Waals surface area contributed by atoms with E-state index in [-0.39, 0.29) is 23.7 Å². The molecule has 2 unspecified atom stereocenters. The molecule has 9 nitrogen and oxygen atoms in total. The molecule has 0 radical (unpaired) electrons. The van der Waals surface area contributed by atoms with E-state index >= 15 is 4.39 Å². The Hall–Kier alpha value is -3.36. The van der Waals surface area contributed by atoms with Crippen LogP contribution in [0.4, 0.5) is 24.8 Å². The largest absolute Gasteiger partial charge is 0.372 e. The monoisotopic (exact) mass is 578 g/mol. The molecule has 0 saturated carbocycles. The molecule has 0 bridgehead atoms. The molecule has 4 atom stereocenters. The minimum Gasteiger partial charge on any atom is -0.372 e. The number of halogens is 3. The zero-order valence-electron chi connectivity index (χ0n) is 20.9. The van der Waals surface area contributed by atoms with Crippen molar-refractivity contribution in [2.75, 3.05) is 23.5 Å². The number of nitrogen functional groups attached to an aromatic ring is 1. The summed E-state index contributed by atoms with van der Waals surface area (Å²) in [5.41, 5.74) is 6.01. The summed E-state index contributed by atoms with van der Waals surface area (Å²) in [6.07, 6.45) is 1.42. The quantitative estimate of drug-likeness (QED) is 0.460. The number of aliphatic imine (C=N–C) groups is 1. The van der Waals surface area contributed by atoms with Crippen molar-refractivity contribution >= 4 is 38.6 Å². The Morgan fingerprint density at radius 3 is 2.56 bits per heavy atom. The Morgan fingerprint density at radius 1 is 1.10 bits per heavy atom. The Morgan fingerprint density at radius 2 is 1.85 bits per heavy atom. The van der Waals surface area contributed by atoms with Crippen LogP contribution in [-0.2, 0) is 14.8 Å². The zero-order chi connectivity index (χ0) is 27.9. The second kappa shape index (κ2) is 10.7. The van der Waals surface area contributed by atoms with Gasteiger partial charge in [-0.15, -0.1) is 0 Å². The highest BCUT2D eigenvalue weighted by molar-refractivity contribution is 8.14. The third-order valence-corrected chi connectivity index (χ3v) is 8.93. The number of anilines is 2. The Bertz CT molecular complexity index is 1530. The van der Waals surface area contributed by atoms with Crippen LogP contribution in [0.15, 0.2) is 58.5 Å². The number of rotatable bonds is 5. The van der Waals surface area contributed by atoms with Crippen LogP contribution in [0, 0.1) is 17.5 Å². The summed E-state index contributed by atoms with van der Waals surface area (Å²) in [7, 11) is -4.65. The summed E-state index contributed by atoms with van der Waals surface area (Å²) in [5.74, 6) is -2.97. The number of benzene rings is 2. The summed E-state index contributed by atoms with van der Waals surface area (Å²) in [6.45, 7) is 5.09. The van der Waals surface area contributed by atoms with E-state index in [2.05, 4.69) is 14.9 Å². The molecule has 3 N–H and O–H groups in total. The van der Waals surface area contributed by atoms with Crippen LogP contribution in [0.1, 0.15) is 36.4 Å². The number of ether oxygens (including phenoxy) is 1. The molecule has 1 saturated heterocycles. The normalized spacial score (nSPS) is 23.5. The summed E-state index contributed by atoms with van der Waals surface area (Å²) < 4.78 is 77.4. The summed E-state index contributed by atoms with van der Waals surface area (Å²) in [4.78, 5) is 14.2. The first-order chi connectivity index (χ1) is 18.5. The van der Waals surface area contributed by atoms with Gasteiger partial charge in [-0.3, -0.25) is 9.71 Å². The van der Waals surface area contributed by atoms with Gasteiger partial charge >= 0.3 is 0 Å². The fourth-order valence-corrected chi connectivity index (χ4v) is 7.06. The topological polar surface area (TPSA) is 123 Å². The van der Waals surface area contributed by atoms with Gasteiger partial charge in [0, 0.05) is 24.8 Å². The van der Waals surface area contributed by atoms with E-state index in [4.69, 9.17) is 15.5 Å². The molecule has 0 aliphatic carbocycles. The zero-order valence-corrected chi connectivity index (χ0v) is 22.5. The number of hydrogen-bond acceptors (Lipinski definition) is 9. The molecule has 3 aromatic rings. The molecule has 0 amide bonds. The molecule has 0 spiro atoms. The lowest BCUT2D eigenvalue weighted by Gasteiger charge is -2.36. The van der Waals surface area contributed by atoms with Gasteiger partial charge in [0.25, 0.3) is 10.0 Å². The molecule has 206 valence electrons. The van der Waals surface area contributed by atoms with E-state index < -0.39 is 49.3 Å². The van der Waals surface area contributed by atoms with Crippen molar-refractivity contribution in [1.29, 1.82) is 0 Å². The number of hydrogen-bond donors (Lipinski definition) is 2. The number of aromatic nitrogens is 2. The lowest BCUT2D eigenvalue weighted by atomic mass is 10.0. The van der Waals surface area contributed by atoms with E-state index in [1.54, 1.807) is 6.07 Å². The number of amidine groups is 1. The molecular formula is C25H25F3N6O3S2. The van der Waals surface area contributed by atoms with Gasteiger partial charge in [0.05, 0.1) is 34.9 Å². The molecule has 1 fully saturated rings. The van der Waals surface area contributed by atoms with Crippen LogP contribution in [-0.4, -0.2) is 53.8 Å². The third-order valence-electron chi connectivity index (χ3n) is 6.22. The lowest BCUT2D eigenvalue weighted by Crippen LogP contribution is -2.47. The van der Waals surface area contributed by atoms with Crippen molar-refractivity contribution in [3.8, 4) is 0 Å². The van der Waals surface area contributed by atoms with Crippen molar-refractivity contribution in [3.63, 3.8) is 0 Å². The van der Waals surface area contributed by atoms with Gasteiger partial charge in [0.1, 0.15) is 16.5 Å². The van der Waals surface area contributed by atoms with Gasteiger partial charge < -0.3 is 15.4 Å². The first kappa shape index (κ1) is 27.2. The predicted molar refractivity (Wildman–Crippen MR) is 142 cm³/mol. The Labute approximate surface area is 227 Å². The van der Waals surface area contributed by atoms with E-state index in [1.165, 1.54) is 36.2 Å². The van der Waals surface area contributed by atoms with Gasteiger partial charge in [0.2, 0.25) is 5.95 Å². The van der Waals surface area contributed by atoms with Crippen molar-refractivity contribution in [3.05, 3.63) is 77.4 Å². The van der Waals surface area contributed by atoms with E-state index in [0.717, 1.165) is 6.07 Å². The Balaban J connectivity index is 1.53. The van der Waals surface area contributed by atoms with Crippen LogP contribution in [0.3, 0.4) is 0 Å². The minimum absolute atomic E-state index is 0.0399. The Kier molecular flexibility index (Phi) is 7.44. The van der Waals surface area contributed by atoms with Crippen LogP contribution < -0.4 is 10.5 Å². The first-order valence-corrected chi connectivity index (χ1v) is 14.4. The first-order valence-electron chi connectivity index (χ1n) is 12.0. The molecule has 3 heterocycles. The molecule has 1 aromatic heterocycles. The molecule has 5 rings (SSSR count). The fourth-order valence-electron chi connectivity index (χ4n) is 4.63. The highest BCUT2D eigenvalue weighted by Crippen LogP contribution is 2.50. The summed E-state index contributed by atoms with van der Waals surface area (Å²) in [6, 6.07) is 7.03. The number of thioether (sulfide) groups is 1. The average Bonchev–Trinajstić information content (AvgIpc) is 3.31. The summed E-state index contributed by atoms with van der Waals surface area (Å²) >= 11 is 1.39. The highest BCUT2D eigenvalue weighted by Gasteiger charge is 2.39. The van der Waals surface area contributed by atoms with Crippen molar-refractivity contribution in [2.24, 2.45) is 4.99 Å². The van der Waals surface area contributed by atoms with Crippen LogP contribution in [0.2, 0.25) is 0 Å². The van der Waals surface area contributed by atoms with E-state index in [1.807, 2.05) is 18.6 Å². The summed E-state index contributed by atoms with van der Waals surface area (Å²) in [5, 5.41) is 0.164. The third kappa shape index (κ3) is 5.68. The maximum Gasteiger partial charge on any atom is 0.265 e. The van der Waals surface area contributed by atoms with Crippen molar-refractivity contribution in [2.45, 2.75) is 42.2 Å². The van der Waals surface area contributed by atoms with Crippen molar-refractivity contribution < 1.29 is 26.3 Å². The highest BCUT2D eigenvalue weighted by atomic mass is 32.2. The van der Waals surface area contributed by atoms with Gasteiger partial charge in [0.15, 0.2) is 11.0 Å². The standard InChI is InChI=1S/C25H25F3N6O3S2/c1-13-11-34(12-14(2)37-13)25-32-22(23(38-25)19-8-9-30-24(29)31-19)16-4-3-5-18(21(16)28)33-39(35,36)20-10-15(26)6-7-17(20)27/h3-10,13-14,22-23,33H,11-12H2,1-2H3,(H2,29,30,31)/t13-,14+,22?,23?. The number of nitrogens with one attached hydrogen (secondary N) is 1. The molecular weight excluding hydrogens is 553 g/mol. The lowest BCUT2D eigenvalue weighted by molar-refractivity contribution is -0.0471.